The molecule has 7 heteroatoms. The van der Waals surface area contributed by atoms with Crippen molar-refractivity contribution in [3.63, 3.8) is 0 Å². The minimum absolute atomic E-state index is 0. The molecule has 0 bridgehead atoms. The van der Waals surface area contributed by atoms with Gasteiger partial charge < -0.3 is 26.2 Å². The Morgan fingerprint density at radius 3 is 1.54 bits per heavy atom. The molecule has 0 aliphatic carbocycles. The van der Waals surface area contributed by atoms with Crippen LogP contribution in [0, 0.1) is 0 Å². The maximum atomic E-state index is 5.75. The molecular weight excluding hydrogens is 700 g/mol. The summed E-state index contributed by atoms with van der Waals surface area (Å²) in [5.74, 6) is 0. The van der Waals surface area contributed by atoms with Gasteiger partial charge in [0, 0.05) is 45.0 Å². The standard InChI is InChI=1S/C28H32Br3N2O.BrH/c29-26-8-2-23(3-9-26)20-32(21-24-4-10-27(30)11-5-24)14-1-15-33(16-18-34-19-17-33)22-25-6-12-28(31)13-7-25;/h2-13H,1,14-22H2;1H/q+1;/p-1. The molecule has 1 heterocycles. The van der Waals surface area contributed by atoms with Gasteiger partial charge in [-0.25, -0.2) is 0 Å². The van der Waals surface area contributed by atoms with Gasteiger partial charge in [-0.3, -0.25) is 4.90 Å². The molecule has 3 nitrogen and oxygen atoms in total. The van der Waals surface area contributed by atoms with E-state index in [1.54, 1.807) is 0 Å². The zero-order chi connectivity index (χ0) is 23.8. The van der Waals surface area contributed by atoms with E-state index < -0.39 is 0 Å². The van der Waals surface area contributed by atoms with Crippen LogP contribution in [-0.4, -0.2) is 48.8 Å². The van der Waals surface area contributed by atoms with Crippen LogP contribution in [0.1, 0.15) is 23.1 Å². The van der Waals surface area contributed by atoms with Gasteiger partial charge in [0.15, 0.2) is 0 Å². The van der Waals surface area contributed by atoms with E-state index >= 15 is 0 Å². The molecule has 0 saturated carbocycles. The third-order valence-electron chi connectivity index (χ3n) is 6.60. The Labute approximate surface area is 245 Å². The van der Waals surface area contributed by atoms with Crippen molar-refractivity contribution < 1.29 is 26.2 Å². The number of rotatable bonds is 10. The molecule has 0 spiro atoms. The highest BCUT2D eigenvalue weighted by atomic mass is 79.9. The van der Waals surface area contributed by atoms with Gasteiger partial charge in [0.2, 0.25) is 0 Å². The van der Waals surface area contributed by atoms with Gasteiger partial charge in [-0.2, -0.15) is 0 Å². The van der Waals surface area contributed by atoms with E-state index in [9.17, 15) is 0 Å². The maximum absolute atomic E-state index is 5.75. The Balaban J connectivity index is 0.00000342. The number of nitrogens with zero attached hydrogens (tertiary/aromatic N) is 2. The summed E-state index contributed by atoms with van der Waals surface area (Å²) in [5.41, 5.74) is 4.11. The average molecular weight is 732 g/mol. The van der Waals surface area contributed by atoms with Gasteiger partial charge in [0.1, 0.15) is 19.6 Å². The lowest BCUT2D eigenvalue weighted by Crippen LogP contribution is -3.00. The first-order valence-corrected chi connectivity index (χ1v) is 14.3. The first-order chi connectivity index (χ1) is 16.5. The molecule has 1 fully saturated rings. The largest absolute Gasteiger partial charge is 1.00 e. The van der Waals surface area contributed by atoms with E-state index in [1.165, 1.54) is 29.7 Å². The molecule has 0 N–H and O–H groups in total. The summed E-state index contributed by atoms with van der Waals surface area (Å²) in [5, 5.41) is 0. The number of benzene rings is 3. The van der Waals surface area contributed by atoms with Crippen molar-refractivity contribution in [1.82, 2.24) is 4.90 Å². The summed E-state index contributed by atoms with van der Waals surface area (Å²) in [7, 11) is 0. The monoisotopic (exact) mass is 728 g/mol. The second-order valence-electron chi connectivity index (χ2n) is 9.23. The molecule has 35 heavy (non-hydrogen) atoms. The highest BCUT2D eigenvalue weighted by Gasteiger charge is 2.30. The summed E-state index contributed by atoms with van der Waals surface area (Å²) in [6.07, 6.45) is 1.17. The molecule has 188 valence electrons. The first-order valence-electron chi connectivity index (χ1n) is 11.9. The lowest BCUT2D eigenvalue weighted by Gasteiger charge is -2.42. The lowest BCUT2D eigenvalue weighted by atomic mass is 10.1. The SMILES string of the molecule is Brc1ccc(CN(CCC[N+]2(Cc3ccc(Br)cc3)CCOCC2)Cc2ccc(Br)cc2)cc1.[Br-]. The second-order valence-corrected chi connectivity index (χ2v) is 12.0. The minimum atomic E-state index is 0. The van der Waals surface area contributed by atoms with Crippen molar-refractivity contribution in [3.8, 4) is 0 Å². The molecular formula is C28H32Br4N2O. The van der Waals surface area contributed by atoms with Crippen molar-refractivity contribution in [2.45, 2.75) is 26.1 Å². The van der Waals surface area contributed by atoms with E-state index in [2.05, 4.69) is 125 Å². The Hall–Kier alpha value is -0.540. The Kier molecular flexibility index (Phi) is 12.0. The van der Waals surface area contributed by atoms with Crippen molar-refractivity contribution in [2.24, 2.45) is 0 Å². The number of hydrogen-bond donors (Lipinski definition) is 0. The van der Waals surface area contributed by atoms with Gasteiger partial charge >= 0.3 is 0 Å². The van der Waals surface area contributed by atoms with Gasteiger partial charge in [-0.15, -0.1) is 0 Å². The number of morpholine rings is 1. The van der Waals surface area contributed by atoms with Gasteiger partial charge in [-0.1, -0.05) is 84.2 Å². The van der Waals surface area contributed by atoms with Crippen LogP contribution in [-0.2, 0) is 24.4 Å². The van der Waals surface area contributed by atoms with E-state index in [-0.39, 0.29) is 17.0 Å². The van der Waals surface area contributed by atoms with Crippen LogP contribution < -0.4 is 17.0 Å². The quantitative estimate of drug-likeness (QED) is 0.287. The highest BCUT2D eigenvalue weighted by Crippen LogP contribution is 2.22. The summed E-state index contributed by atoms with van der Waals surface area (Å²) < 4.78 is 10.3. The molecule has 3 aromatic carbocycles. The molecule has 0 unspecified atom stereocenters. The van der Waals surface area contributed by atoms with Crippen LogP contribution in [0.2, 0.25) is 0 Å². The lowest BCUT2D eigenvalue weighted by molar-refractivity contribution is -0.947. The zero-order valence-corrected chi connectivity index (χ0v) is 26.2. The van der Waals surface area contributed by atoms with Crippen molar-refractivity contribution in [2.75, 3.05) is 39.4 Å². The first kappa shape index (κ1) is 29.0. The number of ether oxygens (including phenoxy) is 1. The molecule has 3 aromatic rings. The van der Waals surface area contributed by atoms with E-state index in [1.807, 2.05) is 0 Å². The fourth-order valence-corrected chi connectivity index (χ4v) is 5.50. The molecule has 4 rings (SSSR count). The molecule has 1 aliphatic rings. The molecule has 0 radical (unpaired) electrons. The molecule has 0 aromatic heterocycles. The predicted octanol–water partition coefficient (Wildman–Crippen LogP) is 4.42. The summed E-state index contributed by atoms with van der Waals surface area (Å²) in [6, 6.07) is 26.3. The van der Waals surface area contributed by atoms with Gasteiger partial charge in [0.25, 0.3) is 0 Å². The van der Waals surface area contributed by atoms with Crippen LogP contribution in [0.15, 0.2) is 86.2 Å². The third kappa shape index (κ3) is 9.37. The van der Waals surface area contributed by atoms with Crippen LogP contribution in [0.3, 0.4) is 0 Å². The average Bonchev–Trinajstić information content (AvgIpc) is 2.84. The van der Waals surface area contributed by atoms with Gasteiger partial charge in [-0.05, 0) is 47.5 Å². The van der Waals surface area contributed by atoms with E-state index in [4.69, 9.17) is 4.74 Å². The van der Waals surface area contributed by atoms with Crippen LogP contribution in [0.4, 0.5) is 0 Å². The summed E-state index contributed by atoms with van der Waals surface area (Å²) in [4.78, 5) is 2.59. The van der Waals surface area contributed by atoms with Crippen LogP contribution in [0.25, 0.3) is 0 Å². The van der Waals surface area contributed by atoms with E-state index in [0.717, 1.165) is 70.4 Å². The topological polar surface area (TPSA) is 12.5 Å². The summed E-state index contributed by atoms with van der Waals surface area (Å²) in [6.45, 7) is 9.15. The number of hydrogen-bond acceptors (Lipinski definition) is 2. The Morgan fingerprint density at radius 1 is 0.657 bits per heavy atom. The smallest absolute Gasteiger partial charge is 0.104 e. The fourth-order valence-electron chi connectivity index (χ4n) is 4.71. The summed E-state index contributed by atoms with van der Waals surface area (Å²) >= 11 is 10.7. The maximum Gasteiger partial charge on any atom is 0.104 e. The van der Waals surface area contributed by atoms with Crippen LogP contribution >= 0.6 is 47.8 Å². The van der Waals surface area contributed by atoms with Crippen molar-refractivity contribution in [3.05, 3.63) is 103 Å². The molecule has 1 saturated heterocycles. The van der Waals surface area contributed by atoms with E-state index in [0.29, 0.717) is 0 Å². The Morgan fingerprint density at radius 2 is 1.09 bits per heavy atom. The number of halogens is 4. The van der Waals surface area contributed by atoms with Crippen molar-refractivity contribution in [1.29, 1.82) is 0 Å². The van der Waals surface area contributed by atoms with Gasteiger partial charge in [0.05, 0.1) is 19.8 Å². The Bertz CT molecular complexity index is 973. The number of quaternary nitrogens is 1. The molecule has 0 atom stereocenters. The normalized spacial score (nSPS) is 15.1. The second kappa shape index (κ2) is 14.4. The third-order valence-corrected chi connectivity index (χ3v) is 8.18. The zero-order valence-electron chi connectivity index (χ0n) is 19.8. The minimum Gasteiger partial charge on any atom is -1.00 e. The van der Waals surface area contributed by atoms with Crippen LogP contribution in [0.5, 0.6) is 0 Å². The molecule has 1 aliphatic heterocycles. The fraction of sp³-hybridized carbons (Fsp3) is 0.357. The molecule has 0 amide bonds. The van der Waals surface area contributed by atoms with Crippen molar-refractivity contribution >= 4 is 47.8 Å². The predicted molar refractivity (Wildman–Crippen MR) is 151 cm³/mol. The highest BCUT2D eigenvalue weighted by molar-refractivity contribution is 9.11.